The summed E-state index contributed by atoms with van der Waals surface area (Å²) < 4.78 is 27.8. The van der Waals surface area contributed by atoms with E-state index in [1.165, 1.54) is 12.1 Å². The van der Waals surface area contributed by atoms with Crippen LogP contribution in [0.5, 0.6) is 0 Å². The summed E-state index contributed by atoms with van der Waals surface area (Å²) >= 11 is 0. The maximum atomic E-state index is 12.6. The lowest BCUT2D eigenvalue weighted by Gasteiger charge is -2.14. The molecular formula is C19H26N4O3S. The molecule has 146 valence electrons. The zero-order valence-electron chi connectivity index (χ0n) is 16.1. The summed E-state index contributed by atoms with van der Waals surface area (Å²) in [5, 5.41) is 2.77. The van der Waals surface area contributed by atoms with Gasteiger partial charge in [0.2, 0.25) is 0 Å². The Kier molecular flexibility index (Phi) is 6.81. The first-order chi connectivity index (χ1) is 12.7. The summed E-state index contributed by atoms with van der Waals surface area (Å²) in [5.41, 5.74) is 1.73. The maximum absolute atomic E-state index is 12.6. The predicted octanol–water partition coefficient (Wildman–Crippen LogP) is 1.84. The highest BCUT2D eigenvalue weighted by molar-refractivity contribution is 7.92. The number of sulfonamides is 1. The van der Waals surface area contributed by atoms with E-state index in [0.717, 1.165) is 5.69 Å². The fraction of sp³-hybridized carbons (Fsp3) is 0.316. The molecule has 2 aromatic carbocycles. The Bertz CT molecular complexity index is 878. The van der Waals surface area contributed by atoms with Gasteiger partial charge in [0.25, 0.3) is 15.9 Å². The van der Waals surface area contributed by atoms with E-state index in [1.54, 1.807) is 24.3 Å². The highest BCUT2D eigenvalue weighted by atomic mass is 32.2. The van der Waals surface area contributed by atoms with Crippen LogP contribution in [0.1, 0.15) is 10.4 Å². The highest BCUT2D eigenvalue weighted by Crippen LogP contribution is 2.20. The molecule has 27 heavy (non-hydrogen) atoms. The van der Waals surface area contributed by atoms with Gasteiger partial charge in [0, 0.05) is 44.1 Å². The molecular weight excluding hydrogens is 364 g/mol. The predicted molar refractivity (Wildman–Crippen MR) is 109 cm³/mol. The number of rotatable bonds is 8. The summed E-state index contributed by atoms with van der Waals surface area (Å²) in [7, 11) is 3.86. The minimum atomic E-state index is -3.79. The van der Waals surface area contributed by atoms with Gasteiger partial charge >= 0.3 is 0 Å². The zero-order valence-corrected chi connectivity index (χ0v) is 16.9. The van der Waals surface area contributed by atoms with Crippen molar-refractivity contribution in [3.05, 3.63) is 54.1 Å². The first-order valence-electron chi connectivity index (χ1n) is 8.52. The van der Waals surface area contributed by atoms with Crippen LogP contribution in [0.4, 0.5) is 11.4 Å². The molecule has 0 aromatic heterocycles. The van der Waals surface area contributed by atoms with Crippen LogP contribution in [0.25, 0.3) is 0 Å². The normalized spacial score (nSPS) is 11.3. The average molecular weight is 391 g/mol. The summed E-state index contributed by atoms with van der Waals surface area (Å²) in [6.45, 7) is 1.19. The number of likely N-dealkylation sites (N-methyl/N-ethyl adjacent to an activating group) is 1. The maximum Gasteiger partial charge on any atom is 0.261 e. The van der Waals surface area contributed by atoms with Crippen LogP contribution in [0, 0.1) is 0 Å². The SMILES string of the molecule is CN(C)CCNC(=O)c1cccc(S(=O)(=O)Nc2ccc(N(C)C)cc2)c1. The Hall–Kier alpha value is -2.58. The Morgan fingerprint density at radius 2 is 1.67 bits per heavy atom. The molecule has 1 amide bonds. The molecule has 0 radical (unpaired) electrons. The van der Waals surface area contributed by atoms with Crippen molar-refractivity contribution in [2.75, 3.05) is 50.9 Å². The molecule has 0 fully saturated rings. The lowest BCUT2D eigenvalue weighted by atomic mass is 10.2. The molecule has 0 unspecified atom stereocenters. The van der Waals surface area contributed by atoms with Crippen molar-refractivity contribution in [2.45, 2.75) is 4.90 Å². The van der Waals surface area contributed by atoms with Gasteiger partial charge < -0.3 is 15.1 Å². The van der Waals surface area contributed by atoms with Crippen molar-refractivity contribution in [1.82, 2.24) is 10.2 Å². The van der Waals surface area contributed by atoms with Crippen molar-refractivity contribution in [3.63, 3.8) is 0 Å². The van der Waals surface area contributed by atoms with Gasteiger partial charge in [0.15, 0.2) is 0 Å². The van der Waals surface area contributed by atoms with Crippen LogP contribution in [-0.4, -0.2) is 60.5 Å². The molecule has 0 aliphatic rings. The molecule has 0 spiro atoms. The zero-order chi connectivity index (χ0) is 20.0. The van der Waals surface area contributed by atoms with Gasteiger partial charge in [-0.15, -0.1) is 0 Å². The van der Waals surface area contributed by atoms with E-state index in [2.05, 4.69) is 10.0 Å². The quantitative estimate of drug-likeness (QED) is 0.719. The second-order valence-corrected chi connectivity index (χ2v) is 8.32. The Balaban J connectivity index is 2.12. The molecule has 0 bridgehead atoms. The lowest BCUT2D eigenvalue weighted by molar-refractivity contribution is 0.0951. The number of carbonyl (C=O) groups excluding carboxylic acids is 1. The molecule has 2 aromatic rings. The van der Waals surface area contributed by atoms with Crippen LogP contribution in [0.3, 0.4) is 0 Å². The van der Waals surface area contributed by atoms with Crippen molar-refractivity contribution >= 4 is 27.3 Å². The minimum absolute atomic E-state index is 0.0412. The molecule has 8 heteroatoms. The van der Waals surface area contributed by atoms with E-state index in [-0.39, 0.29) is 10.8 Å². The number of hydrogen-bond acceptors (Lipinski definition) is 5. The van der Waals surface area contributed by atoms with Gasteiger partial charge in [-0.2, -0.15) is 0 Å². The van der Waals surface area contributed by atoms with Gasteiger partial charge in [-0.1, -0.05) is 6.07 Å². The van der Waals surface area contributed by atoms with Crippen LogP contribution in [-0.2, 0) is 10.0 Å². The molecule has 0 atom stereocenters. The smallest absolute Gasteiger partial charge is 0.261 e. The molecule has 0 saturated carbocycles. The summed E-state index contributed by atoms with van der Waals surface area (Å²) in [5.74, 6) is -0.302. The summed E-state index contributed by atoms with van der Waals surface area (Å²) in [6, 6.07) is 13.0. The Morgan fingerprint density at radius 1 is 1.00 bits per heavy atom. The van der Waals surface area contributed by atoms with Crippen molar-refractivity contribution in [3.8, 4) is 0 Å². The van der Waals surface area contributed by atoms with Gasteiger partial charge in [0.05, 0.1) is 4.90 Å². The van der Waals surface area contributed by atoms with E-state index >= 15 is 0 Å². The number of hydrogen-bond donors (Lipinski definition) is 2. The second-order valence-electron chi connectivity index (χ2n) is 6.63. The molecule has 0 heterocycles. The van der Waals surface area contributed by atoms with Crippen LogP contribution >= 0.6 is 0 Å². The third-order valence-corrected chi connectivity index (χ3v) is 5.27. The fourth-order valence-corrected chi connectivity index (χ4v) is 3.45. The standard InChI is InChI=1S/C19H26N4O3S/c1-22(2)13-12-20-19(24)15-6-5-7-18(14-15)27(25,26)21-16-8-10-17(11-9-16)23(3)4/h5-11,14,21H,12-13H2,1-4H3,(H,20,24). The van der Waals surface area contributed by atoms with Gasteiger partial charge in [-0.25, -0.2) is 8.42 Å². The van der Waals surface area contributed by atoms with E-state index in [1.807, 2.05) is 50.1 Å². The van der Waals surface area contributed by atoms with Gasteiger partial charge in [-0.05, 0) is 56.6 Å². The minimum Gasteiger partial charge on any atom is -0.378 e. The van der Waals surface area contributed by atoms with E-state index in [9.17, 15) is 13.2 Å². The van der Waals surface area contributed by atoms with Gasteiger partial charge in [-0.3, -0.25) is 9.52 Å². The van der Waals surface area contributed by atoms with Crippen LogP contribution < -0.4 is 14.9 Å². The lowest BCUT2D eigenvalue weighted by Crippen LogP contribution is -2.31. The number of benzene rings is 2. The van der Waals surface area contributed by atoms with Crippen molar-refractivity contribution in [2.24, 2.45) is 0 Å². The third-order valence-electron chi connectivity index (χ3n) is 3.89. The number of nitrogens with zero attached hydrogens (tertiary/aromatic N) is 2. The summed E-state index contributed by atoms with van der Waals surface area (Å²) in [4.78, 5) is 16.1. The largest absolute Gasteiger partial charge is 0.378 e. The monoisotopic (exact) mass is 390 g/mol. The van der Waals surface area contributed by atoms with Crippen LogP contribution in [0.2, 0.25) is 0 Å². The molecule has 0 aliphatic carbocycles. The topological polar surface area (TPSA) is 81.8 Å². The number of anilines is 2. The summed E-state index contributed by atoms with van der Waals surface area (Å²) in [6.07, 6.45) is 0. The number of nitrogens with one attached hydrogen (secondary N) is 2. The first-order valence-corrected chi connectivity index (χ1v) is 10.0. The second kappa shape index (κ2) is 8.88. The van der Waals surface area contributed by atoms with E-state index in [0.29, 0.717) is 24.3 Å². The Labute approximate surface area is 161 Å². The third kappa shape index (κ3) is 5.97. The van der Waals surface area contributed by atoms with E-state index < -0.39 is 10.0 Å². The number of carbonyl (C=O) groups is 1. The fourth-order valence-electron chi connectivity index (χ4n) is 2.34. The van der Waals surface area contributed by atoms with Crippen molar-refractivity contribution < 1.29 is 13.2 Å². The first kappa shape index (κ1) is 20.7. The molecule has 7 nitrogen and oxygen atoms in total. The average Bonchev–Trinajstić information content (AvgIpc) is 2.61. The molecule has 2 N–H and O–H groups in total. The van der Waals surface area contributed by atoms with E-state index in [4.69, 9.17) is 0 Å². The molecule has 2 rings (SSSR count). The Morgan fingerprint density at radius 3 is 2.26 bits per heavy atom. The van der Waals surface area contributed by atoms with Crippen molar-refractivity contribution in [1.29, 1.82) is 0 Å². The molecule has 0 saturated heterocycles. The van der Waals surface area contributed by atoms with Crippen LogP contribution in [0.15, 0.2) is 53.4 Å². The molecule has 0 aliphatic heterocycles. The van der Waals surface area contributed by atoms with Gasteiger partial charge in [0.1, 0.15) is 0 Å². The number of amides is 1. The highest BCUT2D eigenvalue weighted by Gasteiger charge is 2.16.